The van der Waals surface area contributed by atoms with E-state index in [1.54, 1.807) is 13.8 Å². The molecule has 24 heteroatoms. The lowest BCUT2D eigenvalue weighted by molar-refractivity contribution is -0.257. The lowest BCUT2D eigenvalue weighted by Crippen LogP contribution is -2.60. The van der Waals surface area contributed by atoms with Crippen LogP contribution in [0.25, 0.3) is 0 Å². The van der Waals surface area contributed by atoms with Crippen molar-refractivity contribution in [1.82, 2.24) is 10.6 Å². The molecule has 6 aliphatic carbocycles. The fraction of sp³-hybridized carbons (Fsp3) is 0.548. The van der Waals surface area contributed by atoms with E-state index in [1.807, 2.05) is 24.3 Å². The largest absolute Gasteiger partial charge is 0.511 e. The second-order valence-electron chi connectivity index (χ2n) is 24.2. The number of hydrogen-bond acceptors (Lipinski definition) is 24. The molecule has 8 aliphatic rings. The molecule has 2 saturated carbocycles. The van der Waals surface area contributed by atoms with Crippen LogP contribution in [0.2, 0.25) is 0 Å². The number of carbonyl (C=O) groups excluding carboxylic acids is 6. The normalized spacial score (nSPS) is 35.0. The average molecular weight is 1200 g/mol. The average Bonchev–Trinajstić information content (AvgIpc) is 0.728. The van der Waals surface area contributed by atoms with Gasteiger partial charge in [0.25, 0.3) is 0 Å². The Bertz CT molecular complexity index is 3300. The molecule has 17 atom stereocenters. The van der Waals surface area contributed by atoms with Gasteiger partial charge in [-0.2, -0.15) is 0 Å². The number of phenolic OH excluding ortho intramolecular Hbond substituents is 2. The molecule has 3 aromatic carbocycles. The van der Waals surface area contributed by atoms with Crippen molar-refractivity contribution in [3.8, 4) is 17.2 Å². The Kier molecular flexibility index (Phi) is 16.8. The van der Waals surface area contributed by atoms with E-state index in [0.717, 1.165) is 11.1 Å². The highest BCUT2D eigenvalue weighted by atomic mass is 16.7. The molecule has 0 radical (unpaired) electrons. The molecule has 0 spiro atoms. The summed E-state index contributed by atoms with van der Waals surface area (Å²) in [7, 11) is 2.77. The van der Waals surface area contributed by atoms with Gasteiger partial charge in [-0.25, -0.2) is 0 Å². The number of aromatic hydroxyl groups is 2. The summed E-state index contributed by atoms with van der Waals surface area (Å²) in [6, 6.07) is 10.5. The number of aliphatic hydroxyl groups excluding tert-OH is 6. The van der Waals surface area contributed by atoms with Crippen LogP contribution in [0.15, 0.2) is 65.1 Å². The summed E-state index contributed by atoms with van der Waals surface area (Å²) in [6.07, 6.45) is -10.3. The van der Waals surface area contributed by atoms with Crippen molar-refractivity contribution >= 4 is 34.7 Å². The van der Waals surface area contributed by atoms with E-state index in [1.165, 1.54) is 32.4 Å². The van der Waals surface area contributed by atoms with Gasteiger partial charge in [-0.1, -0.05) is 42.8 Å². The van der Waals surface area contributed by atoms with Crippen LogP contribution in [0.4, 0.5) is 0 Å². The minimum absolute atomic E-state index is 0.0526. The number of rotatable bonds is 16. The molecule has 0 aromatic heterocycles. The summed E-state index contributed by atoms with van der Waals surface area (Å²) in [4.78, 5) is 82.8. The first kappa shape index (κ1) is 61.3. The van der Waals surface area contributed by atoms with Crippen LogP contribution < -0.4 is 15.4 Å². The summed E-state index contributed by atoms with van der Waals surface area (Å²) < 4.78 is 36.2. The second-order valence-corrected chi connectivity index (χ2v) is 24.2. The first-order valence-corrected chi connectivity index (χ1v) is 29.1. The third-order valence-corrected chi connectivity index (χ3v) is 19.2. The molecule has 2 saturated heterocycles. The minimum Gasteiger partial charge on any atom is -0.511 e. The third kappa shape index (κ3) is 10.4. The van der Waals surface area contributed by atoms with E-state index in [2.05, 4.69) is 10.6 Å². The number of Topliss-reactive ketones (excluding diaryl/α,β-unsaturated/α-hetero) is 4. The van der Waals surface area contributed by atoms with Crippen LogP contribution in [0, 0.1) is 23.7 Å². The van der Waals surface area contributed by atoms with Crippen LogP contribution in [0.5, 0.6) is 17.2 Å². The SMILES string of the molecule is COc1cccc2c1C(=O)c1c(O)c3c(c(O)c1C2=O)C[C@@](O)(C(=O)CO)C[C@H]3O[C@H]1C[C@H](O)[C@H](NCc2ccc(CN[C@@H]3[C@H](C)O[C@@H](O[C@@H]4C[C@](O)(C(=O)CO)CC5C(O)=C6C(=O)C7CCCC(OC)C7C(O)=C6C(=O)C54)C[C@@H]3O)cc2)[C@H](C)O1. The van der Waals surface area contributed by atoms with E-state index in [-0.39, 0.29) is 70.8 Å². The highest BCUT2D eigenvalue weighted by Crippen LogP contribution is 2.55. The van der Waals surface area contributed by atoms with Crippen molar-refractivity contribution < 1.29 is 108 Å². The Morgan fingerprint density at radius 1 is 0.651 bits per heavy atom. The van der Waals surface area contributed by atoms with Crippen molar-refractivity contribution in [3.63, 3.8) is 0 Å². The van der Waals surface area contributed by atoms with Crippen LogP contribution in [-0.4, -0.2) is 186 Å². The number of phenols is 2. The predicted molar refractivity (Wildman–Crippen MR) is 296 cm³/mol. The molecule has 0 amide bonds. The molecule has 462 valence electrons. The number of nitrogens with one attached hydrogen (secondary N) is 2. The first-order chi connectivity index (χ1) is 41.0. The van der Waals surface area contributed by atoms with E-state index < -0.39 is 204 Å². The van der Waals surface area contributed by atoms with Gasteiger partial charge in [-0.05, 0) is 50.3 Å². The maximum atomic E-state index is 14.6. The molecule has 24 nitrogen and oxygen atoms in total. The molecule has 2 heterocycles. The predicted octanol–water partition coefficient (Wildman–Crippen LogP) is 1.71. The minimum atomic E-state index is -2.35. The summed E-state index contributed by atoms with van der Waals surface area (Å²) in [5, 5.41) is 120. The van der Waals surface area contributed by atoms with Crippen molar-refractivity contribution in [2.75, 3.05) is 27.4 Å². The Labute approximate surface area is 493 Å². The van der Waals surface area contributed by atoms with Crippen molar-refractivity contribution in [1.29, 1.82) is 0 Å². The van der Waals surface area contributed by atoms with Gasteiger partial charge in [-0.3, -0.25) is 28.8 Å². The van der Waals surface area contributed by atoms with Gasteiger partial charge in [0, 0.05) is 80.8 Å². The quantitative estimate of drug-likeness (QED) is 0.0711. The smallest absolute Gasteiger partial charge is 0.202 e. The van der Waals surface area contributed by atoms with Gasteiger partial charge in [0.15, 0.2) is 41.5 Å². The molecular weight excluding hydrogens is 1120 g/mol. The fourth-order valence-electron chi connectivity index (χ4n) is 14.8. The number of methoxy groups -OCH3 is 2. The molecule has 11 rings (SSSR count). The van der Waals surface area contributed by atoms with E-state index in [0.29, 0.717) is 19.3 Å². The molecule has 0 bridgehead atoms. The Morgan fingerprint density at radius 2 is 1.23 bits per heavy atom. The number of hydrogen-bond donors (Lipinski definition) is 12. The molecule has 12 N–H and O–H groups in total. The van der Waals surface area contributed by atoms with Gasteiger partial charge in [-0.15, -0.1) is 0 Å². The standard InChI is InChI=1S/C62H72N2O22/c1-25-51(33(67)15-41(83-25)85-37-19-61(79,39(69)23-65)17-31-45(37)59(77)49-47(55(31)73)53(71)29-7-5-9-35(81-3)43(29)57(49)75)63-21-27-11-13-28(14-12-27)22-64-52-26(2)84-42(16-34(52)68)86-38-20-62(80,40(70)24-66)18-32-46(38)60(78)50-48(56(32)74)54(72)30-8-6-10-36(82-4)44(30)58(50)76/h5,7,9,11-14,25-26,30,32-34,36-38,41-42,44,46,51-52,63-68,73-74,76-77,79-80H,6,8,10,15-24H2,1-4H3/t25-,26-,30?,32?,33-,34-,36?,37+,38+,41-,42-,44?,46?,51+,52+,61-,62-/m0/s1. The molecular formula is C62H72N2O22. The van der Waals surface area contributed by atoms with E-state index in [9.17, 15) is 79.8 Å². The molecule has 5 unspecified atom stereocenters. The van der Waals surface area contributed by atoms with Crippen molar-refractivity contribution in [2.45, 2.75) is 163 Å². The summed E-state index contributed by atoms with van der Waals surface area (Å²) in [5.41, 5.74) is -5.37. The topological polar surface area (TPSA) is 384 Å². The molecule has 86 heavy (non-hydrogen) atoms. The van der Waals surface area contributed by atoms with Crippen LogP contribution in [0.1, 0.15) is 125 Å². The number of ketones is 6. The van der Waals surface area contributed by atoms with E-state index >= 15 is 0 Å². The fourth-order valence-corrected chi connectivity index (χ4v) is 14.8. The summed E-state index contributed by atoms with van der Waals surface area (Å²) in [5.74, 6) is -11.4. The number of fused-ring (bicyclic) bond motifs is 6. The molecule has 3 aromatic rings. The lowest BCUT2D eigenvalue weighted by atomic mass is 9.58. The van der Waals surface area contributed by atoms with Crippen LogP contribution >= 0.6 is 0 Å². The third-order valence-electron chi connectivity index (χ3n) is 19.2. The summed E-state index contributed by atoms with van der Waals surface area (Å²) >= 11 is 0. The number of benzene rings is 3. The Morgan fingerprint density at radius 3 is 1.81 bits per heavy atom. The number of ether oxygens (including phenoxy) is 6. The maximum Gasteiger partial charge on any atom is 0.202 e. The Balaban J connectivity index is 0.714. The zero-order chi connectivity index (χ0) is 61.6. The second kappa shape index (κ2) is 23.6. The van der Waals surface area contributed by atoms with Gasteiger partial charge in [0.05, 0.1) is 102 Å². The zero-order valence-corrected chi connectivity index (χ0v) is 47.8. The zero-order valence-electron chi connectivity index (χ0n) is 47.8. The number of carbonyl (C=O) groups is 6. The maximum absolute atomic E-state index is 14.6. The number of aliphatic hydroxyl groups is 8. The van der Waals surface area contributed by atoms with Gasteiger partial charge >= 0.3 is 0 Å². The van der Waals surface area contributed by atoms with E-state index in [4.69, 9.17) is 28.4 Å². The van der Waals surface area contributed by atoms with Crippen molar-refractivity contribution in [2.24, 2.45) is 23.7 Å². The molecule has 4 fully saturated rings. The Hall–Kier alpha value is -6.36. The number of allylic oxidation sites excluding steroid dienone is 3. The van der Waals surface area contributed by atoms with Gasteiger partial charge < -0.3 is 90.1 Å². The first-order valence-electron chi connectivity index (χ1n) is 29.1. The van der Waals surface area contributed by atoms with Crippen LogP contribution in [-0.2, 0) is 62.4 Å². The van der Waals surface area contributed by atoms with Crippen molar-refractivity contribution in [3.05, 3.63) is 110 Å². The highest BCUT2D eigenvalue weighted by Gasteiger charge is 2.61. The van der Waals surface area contributed by atoms with Gasteiger partial charge in [0.1, 0.15) is 53.2 Å². The summed E-state index contributed by atoms with van der Waals surface area (Å²) in [6.45, 7) is 1.81. The monoisotopic (exact) mass is 1200 g/mol. The highest BCUT2D eigenvalue weighted by molar-refractivity contribution is 6.31. The van der Waals surface area contributed by atoms with Crippen LogP contribution in [0.3, 0.4) is 0 Å². The van der Waals surface area contributed by atoms with Gasteiger partial charge in [0.2, 0.25) is 5.78 Å². The molecule has 2 aliphatic heterocycles. The lowest BCUT2D eigenvalue weighted by Gasteiger charge is -2.49.